The van der Waals surface area contributed by atoms with Gasteiger partial charge in [0, 0.05) is 22.6 Å². The lowest BCUT2D eigenvalue weighted by Crippen LogP contribution is -2.08. The summed E-state index contributed by atoms with van der Waals surface area (Å²) in [6.07, 6.45) is 3.34. The number of thiazole rings is 1. The number of aromatic nitrogens is 1. The molecule has 0 unspecified atom stereocenters. The van der Waals surface area contributed by atoms with E-state index in [4.69, 9.17) is 9.15 Å². The molecule has 6 heteroatoms. The van der Waals surface area contributed by atoms with Crippen LogP contribution in [-0.2, 0) is 4.79 Å². The van der Waals surface area contributed by atoms with Crippen LogP contribution in [0.1, 0.15) is 36.1 Å². The van der Waals surface area contributed by atoms with Crippen LogP contribution in [-0.4, -0.2) is 17.5 Å². The zero-order valence-corrected chi connectivity index (χ0v) is 18.6. The van der Waals surface area contributed by atoms with Crippen molar-refractivity contribution in [3.05, 3.63) is 58.9 Å². The molecule has 0 atom stereocenters. The lowest BCUT2D eigenvalue weighted by Gasteiger charge is -2.14. The number of anilines is 1. The highest BCUT2D eigenvalue weighted by Crippen LogP contribution is 2.37. The summed E-state index contributed by atoms with van der Waals surface area (Å²) in [5.74, 6) is 0.531. The topological polar surface area (TPSA) is 64.4 Å². The fourth-order valence-corrected chi connectivity index (χ4v) is 4.53. The lowest BCUT2D eigenvalue weighted by molar-refractivity contribution is -0.111. The van der Waals surface area contributed by atoms with E-state index in [0.29, 0.717) is 11.7 Å². The largest absolute Gasteiger partial charge is 0.493 e. The summed E-state index contributed by atoms with van der Waals surface area (Å²) in [5.41, 5.74) is 6.58. The molecule has 4 aromatic rings. The van der Waals surface area contributed by atoms with Gasteiger partial charge in [-0.05, 0) is 69.5 Å². The van der Waals surface area contributed by atoms with Gasteiger partial charge in [0.15, 0.2) is 5.13 Å². The lowest BCUT2D eigenvalue weighted by atomic mass is 9.98. The molecule has 2 aromatic carbocycles. The third-order valence-corrected chi connectivity index (χ3v) is 6.01. The maximum absolute atomic E-state index is 12.7. The number of hydrogen-bond acceptors (Lipinski definition) is 5. The van der Waals surface area contributed by atoms with Gasteiger partial charge in [-0.1, -0.05) is 17.4 Å². The normalized spacial score (nSPS) is 12.0. The number of aryl methyl sites for hydroxylation is 3. The monoisotopic (exact) mass is 420 g/mol. The smallest absolute Gasteiger partial charge is 0.250 e. The van der Waals surface area contributed by atoms with E-state index in [9.17, 15) is 4.79 Å². The predicted octanol–water partition coefficient (Wildman–Crippen LogP) is 6.41. The Balaban J connectivity index is 1.67. The summed E-state index contributed by atoms with van der Waals surface area (Å²) in [5, 5.41) is 4.51. The standard InChI is InChI=1S/C24H24N2O3S/c1-6-28-22-16(5)23-18(15(4)12-29-23)11-17(22)14(3)10-21(27)26-24-25-19-8-7-13(2)9-20(19)30-24/h7-12H,6H2,1-5H3,(H,25,26,27)/b14-10+. The van der Waals surface area contributed by atoms with Crippen LogP contribution in [0.2, 0.25) is 0 Å². The molecular formula is C24H24N2O3S. The van der Waals surface area contributed by atoms with Crippen molar-refractivity contribution in [3.8, 4) is 5.75 Å². The van der Waals surface area contributed by atoms with E-state index < -0.39 is 0 Å². The summed E-state index contributed by atoms with van der Waals surface area (Å²) in [6, 6.07) is 8.09. The van der Waals surface area contributed by atoms with Gasteiger partial charge in [-0.25, -0.2) is 4.98 Å². The van der Waals surface area contributed by atoms with Crippen LogP contribution in [0.3, 0.4) is 0 Å². The molecule has 0 saturated heterocycles. The highest BCUT2D eigenvalue weighted by atomic mass is 32.1. The van der Waals surface area contributed by atoms with E-state index in [1.807, 2.05) is 52.8 Å². The third-order valence-electron chi connectivity index (χ3n) is 5.07. The molecule has 0 aliphatic carbocycles. The second-order valence-electron chi connectivity index (χ2n) is 7.41. The van der Waals surface area contributed by atoms with Crippen molar-refractivity contribution in [2.45, 2.75) is 34.6 Å². The van der Waals surface area contributed by atoms with Crippen LogP contribution in [0.4, 0.5) is 5.13 Å². The SMILES string of the molecule is CCOc1c(/C(C)=C/C(=O)Nc2nc3ccc(C)cc3s2)cc2c(C)coc2c1C. The van der Waals surface area contributed by atoms with Crippen LogP contribution in [0.25, 0.3) is 26.8 Å². The first-order valence-corrected chi connectivity index (χ1v) is 10.7. The molecule has 0 spiro atoms. The number of carbonyl (C=O) groups excluding carboxylic acids is 1. The van der Waals surface area contributed by atoms with E-state index >= 15 is 0 Å². The molecule has 0 saturated carbocycles. The molecule has 0 radical (unpaired) electrons. The van der Waals surface area contributed by atoms with Gasteiger partial charge in [0.2, 0.25) is 5.91 Å². The minimum absolute atomic E-state index is 0.215. The summed E-state index contributed by atoms with van der Waals surface area (Å²) in [4.78, 5) is 17.2. The molecule has 5 nitrogen and oxygen atoms in total. The molecule has 1 N–H and O–H groups in total. The molecule has 30 heavy (non-hydrogen) atoms. The van der Waals surface area contributed by atoms with Crippen LogP contribution < -0.4 is 10.1 Å². The highest BCUT2D eigenvalue weighted by Gasteiger charge is 2.17. The number of ether oxygens (including phenoxy) is 1. The molecule has 1 amide bonds. The number of benzene rings is 2. The number of furan rings is 1. The van der Waals surface area contributed by atoms with Gasteiger partial charge >= 0.3 is 0 Å². The van der Waals surface area contributed by atoms with Crippen LogP contribution >= 0.6 is 11.3 Å². The molecule has 4 rings (SSSR count). The minimum atomic E-state index is -0.215. The molecule has 0 aliphatic rings. The van der Waals surface area contributed by atoms with Crippen molar-refractivity contribution in [2.24, 2.45) is 0 Å². The molecule has 2 aromatic heterocycles. The third kappa shape index (κ3) is 3.71. The fraction of sp³-hybridized carbons (Fsp3) is 0.250. The van der Waals surface area contributed by atoms with Crippen LogP contribution in [0.15, 0.2) is 41.0 Å². The van der Waals surface area contributed by atoms with E-state index in [-0.39, 0.29) is 5.91 Å². The maximum atomic E-state index is 12.7. The zero-order valence-electron chi connectivity index (χ0n) is 17.8. The van der Waals surface area contributed by atoms with Gasteiger partial charge in [0.1, 0.15) is 11.3 Å². The van der Waals surface area contributed by atoms with Gasteiger partial charge in [-0.3, -0.25) is 10.1 Å². The van der Waals surface area contributed by atoms with Gasteiger partial charge < -0.3 is 9.15 Å². The van der Waals surface area contributed by atoms with Crippen molar-refractivity contribution in [3.63, 3.8) is 0 Å². The first kappa shape index (κ1) is 20.2. The summed E-state index contributed by atoms with van der Waals surface area (Å²) >= 11 is 1.47. The predicted molar refractivity (Wildman–Crippen MR) is 123 cm³/mol. The summed E-state index contributed by atoms with van der Waals surface area (Å²) < 4.78 is 12.7. The Kier molecular flexibility index (Phi) is 5.35. The zero-order chi connectivity index (χ0) is 21.4. The molecule has 2 heterocycles. The Hall–Kier alpha value is -3.12. The number of nitrogens with one attached hydrogen (secondary N) is 1. The minimum Gasteiger partial charge on any atom is -0.493 e. The number of allylic oxidation sites excluding steroid dienone is 1. The average molecular weight is 421 g/mol. The van der Waals surface area contributed by atoms with Crippen LogP contribution in [0.5, 0.6) is 5.75 Å². The van der Waals surface area contributed by atoms with Crippen molar-refractivity contribution in [1.82, 2.24) is 4.98 Å². The summed E-state index contributed by atoms with van der Waals surface area (Å²) in [7, 11) is 0. The molecular weight excluding hydrogens is 396 g/mol. The number of hydrogen-bond donors (Lipinski definition) is 1. The van der Waals surface area contributed by atoms with Gasteiger partial charge in [-0.15, -0.1) is 0 Å². The molecule has 0 fully saturated rings. The number of fused-ring (bicyclic) bond motifs is 2. The Labute approximate surface area is 179 Å². The molecule has 0 aliphatic heterocycles. The van der Waals surface area contributed by atoms with Crippen molar-refractivity contribution >= 4 is 49.1 Å². The highest BCUT2D eigenvalue weighted by molar-refractivity contribution is 7.22. The van der Waals surface area contributed by atoms with Crippen molar-refractivity contribution < 1.29 is 13.9 Å². The summed E-state index contributed by atoms with van der Waals surface area (Å²) in [6.45, 7) is 10.4. The average Bonchev–Trinajstić information content (AvgIpc) is 3.26. The van der Waals surface area contributed by atoms with E-state index in [2.05, 4.69) is 16.4 Å². The van der Waals surface area contributed by atoms with Crippen molar-refractivity contribution in [1.29, 1.82) is 0 Å². The number of rotatable bonds is 5. The Morgan fingerprint density at radius 1 is 1.27 bits per heavy atom. The number of nitrogens with zero attached hydrogens (tertiary/aromatic N) is 1. The van der Waals surface area contributed by atoms with E-state index in [0.717, 1.165) is 49.2 Å². The van der Waals surface area contributed by atoms with Crippen molar-refractivity contribution in [2.75, 3.05) is 11.9 Å². The Bertz CT molecular complexity index is 1300. The molecule has 154 valence electrons. The second-order valence-corrected chi connectivity index (χ2v) is 8.44. The quantitative estimate of drug-likeness (QED) is 0.379. The second kappa shape index (κ2) is 7.95. The van der Waals surface area contributed by atoms with Crippen LogP contribution in [0, 0.1) is 20.8 Å². The first-order chi connectivity index (χ1) is 14.4. The van der Waals surface area contributed by atoms with Gasteiger partial charge in [0.05, 0.1) is 23.1 Å². The number of amides is 1. The maximum Gasteiger partial charge on any atom is 0.250 e. The van der Waals surface area contributed by atoms with E-state index in [1.165, 1.54) is 16.9 Å². The molecule has 0 bridgehead atoms. The Morgan fingerprint density at radius 2 is 2.07 bits per heavy atom. The van der Waals surface area contributed by atoms with E-state index in [1.54, 1.807) is 12.3 Å². The van der Waals surface area contributed by atoms with Gasteiger partial charge in [0.25, 0.3) is 0 Å². The fourth-order valence-electron chi connectivity index (χ4n) is 3.56. The Morgan fingerprint density at radius 3 is 2.83 bits per heavy atom. The number of carbonyl (C=O) groups is 1. The van der Waals surface area contributed by atoms with Gasteiger partial charge in [-0.2, -0.15) is 0 Å². The first-order valence-electron chi connectivity index (χ1n) is 9.88.